The van der Waals surface area contributed by atoms with Crippen LogP contribution in [0, 0.1) is 23.7 Å². The summed E-state index contributed by atoms with van der Waals surface area (Å²) in [5.74, 6) is 8.98. The van der Waals surface area contributed by atoms with Crippen molar-refractivity contribution in [2.75, 3.05) is 0 Å². The first-order valence-corrected chi connectivity index (χ1v) is 12.5. The summed E-state index contributed by atoms with van der Waals surface area (Å²) < 4.78 is 21.0. The molecule has 0 spiro atoms. The van der Waals surface area contributed by atoms with E-state index in [1.165, 1.54) is 0 Å². The Labute approximate surface area is 248 Å². The highest BCUT2D eigenvalue weighted by Crippen LogP contribution is 2.35. The second-order valence-corrected chi connectivity index (χ2v) is 8.23. The van der Waals surface area contributed by atoms with E-state index in [9.17, 15) is 19.2 Å². The van der Waals surface area contributed by atoms with Crippen LogP contribution < -0.4 is 14.2 Å². The number of benzene rings is 3. The van der Waals surface area contributed by atoms with Crippen molar-refractivity contribution in [2.45, 2.75) is 6.61 Å². The Morgan fingerprint density at radius 2 is 0.953 bits per heavy atom. The molecule has 0 aliphatic rings. The number of carbonyl (C=O) groups excluding carboxylic acids is 4. The lowest BCUT2D eigenvalue weighted by Crippen LogP contribution is -2.11. The normalized spacial score (nSPS) is 9.40. The van der Waals surface area contributed by atoms with E-state index in [-0.39, 0.29) is 29.2 Å². The van der Waals surface area contributed by atoms with E-state index in [2.05, 4.69) is 50.0 Å². The molecule has 3 aromatic rings. The summed E-state index contributed by atoms with van der Waals surface area (Å²) in [6, 6.07) is 16.4. The largest absolute Gasteiger partial charge is 0.458 e. The van der Waals surface area contributed by atoms with Gasteiger partial charge in [0, 0.05) is 35.4 Å². The lowest BCUT2D eigenvalue weighted by molar-refractivity contribution is -0.139. The van der Waals surface area contributed by atoms with E-state index in [1.54, 1.807) is 60.7 Å². The molecule has 0 N–H and O–H groups in total. The van der Waals surface area contributed by atoms with E-state index < -0.39 is 23.9 Å². The lowest BCUT2D eigenvalue weighted by atomic mass is 10.1. The molecular formula is C35H24O8. The fourth-order valence-electron chi connectivity index (χ4n) is 3.19. The standard InChI is InChI=1S/C35H24O8/c1-5-30(36)40-23-26-11-9-24(10-12-26)13-17-27-19-20-28(35(43-33(39)8-4)34(27)42-32(38)7-3)18-14-25-15-21-29(22-16-25)41-31(37)6-2/h5-12,15-16,19-22H,1-4,23H2. The second-order valence-electron chi connectivity index (χ2n) is 8.23. The van der Waals surface area contributed by atoms with Crippen molar-refractivity contribution in [3.63, 3.8) is 0 Å². The first-order valence-electron chi connectivity index (χ1n) is 12.5. The quantitative estimate of drug-likeness (QED) is 0.153. The molecule has 0 aliphatic heterocycles. The minimum absolute atomic E-state index is 0.0770. The summed E-state index contributed by atoms with van der Waals surface area (Å²) in [6.45, 7) is 13.6. The molecule has 0 radical (unpaired) electrons. The van der Waals surface area contributed by atoms with Crippen molar-refractivity contribution in [2.24, 2.45) is 0 Å². The van der Waals surface area contributed by atoms with Crippen molar-refractivity contribution >= 4 is 23.9 Å². The SMILES string of the molecule is C=CC(=O)OCc1ccc(C#Cc2ccc(C#Cc3ccc(OC(=O)C=C)cc3)c(OC(=O)C=C)c2OC(=O)C=C)cc1. The fourth-order valence-corrected chi connectivity index (χ4v) is 3.19. The molecule has 3 aromatic carbocycles. The molecule has 3 rings (SSSR count). The Bertz CT molecular complexity index is 1720. The van der Waals surface area contributed by atoms with Crippen molar-refractivity contribution in [1.82, 2.24) is 0 Å². The monoisotopic (exact) mass is 572 g/mol. The van der Waals surface area contributed by atoms with Gasteiger partial charge in [0.1, 0.15) is 12.4 Å². The Morgan fingerprint density at radius 3 is 1.40 bits per heavy atom. The molecule has 43 heavy (non-hydrogen) atoms. The smallest absolute Gasteiger partial charge is 0.335 e. The molecule has 8 heteroatoms. The third-order valence-electron chi connectivity index (χ3n) is 5.27. The van der Waals surface area contributed by atoms with Gasteiger partial charge in [0.05, 0.1) is 11.1 Å². The molecule has 0 fully saturated rings. The highest BCUT2D eigenvalue weighted by atomic mass is 16.6. The molecule has 8 nitrogen and oxygen atoms in total. The molecule has 0 aliphatic carbocycles. The van der Waals surface area contributed by atoms with E-state index in [1.807, 2.05) is 0 Å². The van der Waals surface area contributed by atoms with Crippen LogP contribution in [0.25, 0.3) is 0 Å². The number of hydrogen-bond acceptors (Lipinski definition) is 8. The molecule has 212 valence electrons. The number of esters is 4. The van der Waals surface area contributed by atoms with Crippen LogP contribution in [0.3, 0.4) is 0 Å². The minimum atomic E-state index is -0.815. The lowest BCUT2D eigenvalue weighted by Gasteiger charge is -2.12. The summed E-state index contributed by atoms with van der Waals surface area (Å²) >= 11 is 0. The fraction of sp³-hybridized carbons (Fsp3) is 0.0286. The van der Waals surface area contributed by atoms with Gasteiger partial charge in [-0.3, -0.25) is 0 Å². The molecular weight excluding hydrogens is 548 g/mol. The Hall–Kier alpha value is -6.38. The third kappa shape index (κ3) is 9.35. The van der Waals surface area contributed by atoms with E-state index >= 15 is 0 Å². The van der Waals surface area contributed by atoms with E-state index in [0.29, 0.717) is 16.9 Å². The van der Waals surface area contributed by atoms with Crippen LogP contribution >= 0.6 is 0 Å². The number of hydrogen-bond donors (Lipinski definition) is 0. The first-order chi connectivity index (χ1) is 20.8. The summed E-state index contributed by atoms with van der Waals surface area (Å²) in [6.07, 6.45) is 4.03. The van der Waals surface area contributed by atoms with Gasteiger partial charge in [0.15, 0.2) is 11.5 Å². The highest BCUT2D eigenvalue weighted by Gasteiger charge is 2.19. The van der Waals surface area contributed by atoms with E-state index in [4.69, 9.17) is 18.9 Å². The molecule has 0 amide bonds. The van der Waals surface area contributed by atoms with Crippen LogP contribution in [0.5, 0.6) is 17.2 Å². The zero-order valence-electron chi connectivity index (χ0n) is 22.9. The second kappa shape index (κ2) is 15.4. The zero-order valence-corrected chi connectivity index (χ0v) is 22.9. The third-order valence-corrected chi connectivity index (χ3v) is 5.27. The van der Waals surface area contributed by atoms with Gasteiger partial charge in [0.25, 0.3) is 0 Å². The first kappa shape index (κ1) is 31.2. The molecule has 0 saturated heterocycles. The van der Waals surface area contributed by atoms with Crippen molar-refractivity contribution in [1.29, 1.82) is 0 Å². The number of carbonyl (C=O) groups is 4. The van der Waals surface area contributed by atoms with Gasteiger partial charge >= 0.3 is 23.9 Å². The average Bonchev–Trinajstić information content (AvgIpc) is 3.03. The topological polar surface area (TPSA) is 105 Å². The van der Waals surface area contributed by atoms with Gasteiger partial charge in [-0.2, -0.15) is 0 Å². The summed E-state index contributed by atoms with van der Waals surface area (Å²) in [4.78, 5) is 47.1. The molecule has 0 saturated carbocycles. The van der Waals surface area contributed by atoms with Crippen LogP contribution in [0.15, 0.2) is 111 Å². The average molecular weight is 573 g/mol. The molecule has 0 aromatic heterocycles. The van der Waals surface area contributed by atoms with Crippen LogP contribution in [0.2, 0.25) is 0 Å². The van der Waals surface area contributed by atoms with Gasteiger partial charge in [0.2, 0.25) is 0 Å². The minimum Gasteiger partial charge on any atom is -0.458 e. The summed E-state index contributed by atoms with van der Waals surface area (Å²) in [7, 11) is 0. The number of rotatable bonds is 9. The van der Waals surface area contributed by atoms with Crippen LogP contribution in [-0.4, -0.2) is 23.9 Å². The van der Waals surface area contributed by atoms with Gasteiger partial charge in [-0.15, -0.1) is 0 Å². The maximum absolute atomic E-state index is 12.2. The van der Waals surface area contributed by atoms with E-state index in [0.717, 1.165) is 29.9 Å². The van der Waals surface area contributed by atoms with Crippen LogP contribution in [0.1, 0.15) is 27.8 Å². The van der Waals surface area contributed by atoms with Gasteiger partial charge in [-0.05, 0) is 54.1 Å². The predicted octanol–water partition coefficient (Wildman–Crippen LogP) is 4.99. The van der Waals surface area contributed by atoms with Crippen LogP contribution in [-0.2, 0) is 30.5 Å². The molecule has 0 unspecified atom stereocenters. The maximum atomic E-state index is 12.2. The maximum Gasteiger partial charge on any atom is 0.335 e. The predicted molar refractivity (Wildman–Crippen MR) is 159 cm³/mol. The van der Waals surface area contributed by atoms with Crippen LogP contribution in [0.4, 0.5) is 0 Å². The molecule has 0 atom stereocenters. The van der Waals surface area contributed by atoms with Crippen molar-refractivity contribution < 1.29 is 38.1 Å². The van der Waals surface area contributed by atoms with Crippen molar-refractivity contribution in [3.8, 4) is 40.9 Å². The highest BCUT2D eigenvalue weighted by molar-refractivity contribution is 5.88. The van der Waals surface area contributed by atoms with Gasteiger partial charge < -0.3 is 18.9 Å². The number of ether oxygens (including phenoxy) is 4. The Balaban J connectivity index is 2.01. The summed E-state index contributed by atoms with van der Waals surface area (Å²) in [5, 5.41) is 0. The Morgan fingerprint density at radius 1 is 0.535 bits per heavy atom. The Kier molecular flexibility index (Phi) is 11.2. The van der Waals surface area contributed by atoms with Crippen molar-refractivity contribution in [3.05, 3.63) is 139 Å². The zero-order chi connectivity index (χ0) is 31.2. The van der Waals surface area contributed by atoms with Gasteiger partial charge in [-0.1, -0.05) is 62.1 Å². The summed E-state index contributed by atoms with van der Waals surface area (Å²) in [5.41, 5.74) is 2.35. The molecule has 0 bridgehead atoms. The van der Waals surface area contributed by atoms with Gasteiger partial charge in [-0.25, -0.2) is 19.2 Å². The molecule has 0 heterocycles.